The van der Waals surface area contributed by atoms with E-state index in [1.54, 1.807) is 4.90 Å². The Morgan fingerprint density at radius 2 is 2.17 bits per heavy atom. The number of nitrogens with one attached hydrogen (secondary N) is 2. The molecule has 2 aliphatic heterocycles. The van der Waals surface area contributed by atoms with Gasteiger partial charge >= 0.3 is 0 Å². The SMILES string of the molecule is Cc1cccc(N2CC(C(=O)NC3CCCNC3)CC2=O)c1C. The number of piperidine rings is 1. The Morgan fingerprint density at radius 3 is 2.91 bits per heavy atom. The molecule has 1 aromatic rings. The maximum Gasteiger partial charge on any atom is 0.227 e. The van der Waals surface area contributed by atoms with Gasteiger partial charge in [0.1, 0.15) is 0 Å². The molecule has 2 saturated heterocycles. The molecule has 3 rings (SSSR count). The van der Waals surface area contributed by atoms with Gasteiger partial charge in [0.25, 0.3) is 0 Å². The molecule has 1 aromatic carbocycles. The molecular weight excluding hydrogens is 290 g/mol. The van der Waals surface area contributed by atoms with E-state index in [1.165, 1.54) is 0 Å². The van der Waals surface area contributed by atoms with Gasteiger partial charge in [-0.1, -0.05) is 12.1 Å². The third-order valence-electron chi connectivity index (χ3n) is 5.01. The number of nitrogens with zero attached hydrogens (tertiary/aromatic N) is 1. The summed E-state index contributed by atoms with van der Waals surface area (Å²) in [6.07, 6.45) is 2.41. The number of amides is 2. The molecule has 2 unspecified atom stereocenters. The molecule has 0 aromatic heterocycles. The van der Waals surface area contributed by atoms with E-state index >= 15 is 0 Å². The monoisotopic (exact) mass is 315 g/mol. The van der Waals surface area contributed by atoms with Crippen molar-refractivity contribution in [3.05, 3.63) is 29.3 Å². The summed E-state index contributed by atoms with van der Waals surface area (Å²) in [5.41, 5.74) is 3.21. The van der Waals surface area contributed by atoms with Crippen LogP contribution in [0.2, 0.25) is 0 Å². The van der Waals surface area contributed by atoms with Crippen molar-refractivity contribution < 1.29 is 9.59 Å². The normalized spacial score (nSPS) is 24.8. The largest absolute Gasteiger partial charge is 0.352 e. The van der Waals surface area contributed by atoms with E-state index in [-0.39, 0.29) is 23.8 Å². The highest BCUT2D eigenvalue weighted by atomic mass is 16.2. The molecule has 5 nitrogen and oxygen atoms in total. The van der Waals surface area contributed by atoms with Gasteiger partial charge in [-0.15, -0.1) is 0 Å². The van der Waals surface area contributed by atoms with E-state index in [1.807, 2.05) is 32.0 Å². The van der Waals surface area contributed by atoms with Crippen LogP contribution in [0, 0.1) is 19.8 Å². The molecule has 2 atom stereocenters. The van der Waals surface area contributed by atoms with Crippen LogP contribution in [0.4, 0.5) is 5.69 Å². The van der Waals surface area contributed by atoms with Crippen molar-refractivity contribution in [3.63, 3.8) is 0 Å². The molecule has 2 fully saturated rings. The molecule has 23 heavy (non-hydrogen) atoms. The first-order valence-electron chi connectivity index (χ1n) is 8.44. The number of carbonyl (C=O) groups excluding carboxylic acids is 2. The first-order valence-corrected chi connectivity index (χ1v) is 8.44. The summed E-state index contributed by atoms with van der Waals surface area (Å²) in [4.78, 5) is 26.6. The summed E-state index contributed by atoms with van der Waals surface area (Å²) in [7, 11) is 0. The summed E-state index contributed by atoms with van der Waals surface area (Å²) in [5, 5.41) is 6.39. The fraction of sp³-hybridized carbons (Fsp3) is 0.556. The molecule has 0 radical (unpaired) electrons. The Morgan fingerprint density at radius 1 is 1.35 bits per heavy atom. The zero-order valence-corrected chi connectivity index (χ0v) is 13.9. The van der Waals surface area contributed by atoms with Crippen LogP contribution in [0.15, 0.2) is 18.2 Å². The number of anilines is 1. The summed E-state index contributed by atoms with van der Waals surface area (Å²) < 4.78 is 0. The maximum absolute atomic E-state index is 12.5. The van der Waals surface area contributed by atoms with Crippen LogP contribution < -0.4 is 15.5 Å². The topological polar surface area (TPSA) is 61.4 Å². The maximum atomic E-state index is 12.5. The summed E-state index contributed by atoms with van der Waals surface area (Å²) in [6, 6.07) is 6.16. The van der Waals surface area contributed by atoms with E-state index in [0.29, 0.717) is 13.0 Å². The third-order valence-corrected chi connectivity index (χ3v) is 5.01. The van der Waals surface area contributed by atoms with Crippen molar-refractivity contribution in [1.29, 1.82) is 0 Å². The average Bonchev–Trinajstić information content (AvgIpc) is 2.93. The number of carbonyl (C=O) groups is 2. The lowest BCUT2D eigenvalue weighted by molar-refractivity contribution is -0.127. The van der Waals surface area contributed by atoms with Crippen LogP contribution in [0.1, 0.15) is 30.4 Å². The second-order valence-electron chi connectivity index (χ2n) is 6.68. The Kier molecular flexibility index (Phi) is 4.66. The standard InChI is InChI=1S/C18H25N3O2/c1-12-5-3-7-16(13(12)2)21-11-14(9-17(21)22)18(23)20-15-6-4-8-19-10-15/h3,5,7,14-15,19H,4,6,8-11H2,1-2H3,(H,20,23). The van der Waals surface area contributed by atoms with Crippen LogP contribution in [-0.2, 0) is 9.59 Å². The van der Waals surface area contributed by atoms with Crippen LogP contribution in [0.3, 0.4) is 0 Å². The number of rotatable bonds is 3. The number of hydrogen-bond donors (Lipinski definition) is 2. The Hall–Kier alpha value is -1.88. The van der Waals surface area contributed by atoms with Crippen LogP contribution in [0.5, 0.6) is 0 Å². The first-order chi connectivity index (χ1) is 11.1. The lowest BCUT2D eigenvalue weighted by Crippen LogP contribution is -2.47. The molecule has 5 heteroatoms. The highest BCUT2D eigenvalue weighted by Gasteiger charge is 2.36. The van der Waals surface area contributed by atoms with Crippen molar-refractivity contribution in [3.8, 4) is 0 Å². The van der Waals surface area contributed by atoms with E-state index < -0.39 is 0 Å². The van der Waals surface area contributed by atoms with Crippen LogP contribution in [-0.4, -0.2) is 37.5 Å². The molecule has 124 valence electrons. The van der Waals surface area contributed by atoms with Crippen molar-refractivity contribution in [2.24, 2.45) is 5.92 Å². The quantitative estimate of drug-likeness (QED) is 0.889. The molecule has 2 aliphatic rings. The molecule has 2 N–H and O–H groups in total. The van der Waals surface area contributed by atoms with Gasteiger partial charge in [0, 0.05) is 31.2 Å². The highest BCUT2D eigenvalue weighted by molar-refractivity contribution is 6.01. The second-order valence-corrected chi connectivity index (χ2v) is 6.68. The van der Waals surface area contributed by atoms with Gasteiger partial charge in [-0.3, -0.25) is 9.59 Å². The van der Waals surface area contributed by atoms with Gasteiger partial charge in [0.2, 0.25) is 11.8 Å². The smallest absolute Gasteiger partial charge is 0.227 e. The highest BCUT2D eigenvalue weighted by Crippen LogP contribution is 2.29. The number of hydrogen-bond acceptors (Lipinski definition) is 3. The number of aryl methyl sites for hydroxylation is 1. The predicted octanol–water partition coefficient (Wildman–Crippen LogP) is 1.52. The van der Waals surface area contributed by atoms with Gasteiger partial charge in [0.15, 0.2) is 0 Å². The fourth-order valence-corrected chi connectivity index (χ4v) is 3.44. The van der Waals surface area contributed by atoms with E-state index in [9.17, 15) is 9.59 Å². The summed E-state index contributed by atoms with van der Waals surface area (Å²) >= 11 is 0. The van der Waals surface area contributed by atoms with E-state index in [0.717, 1.165) is 42.7 Å². The van der Waals surface area contributed by atoms with Crippen molar-refractivity contribution in [1.82, 2.24) is 10.6 Å². The van der Waals surface area contributed by atoms with Gasteiger partial charge in [0.05, 0.1) is 5.92 Å². The predicted molar refractivity (Wildman–Crippen MR) is 90.4 cm³/mol. The van der Waals surface area contributed by atoms with Gasteiger partial charge in [-0.25, -0.2) is 0 Å². The van der Waals surface area contributed by atoms with Crippen molar-refractivity contribution >= 4 is 17.5 Å². The lowest BCUT2D eigenvalue weighted by atomic mass is 10.0. The minimum Gasteiger partial charge on any atom is -0.352 e. The molecule has 2 amide bonds. The van der Waals surface area contributed by atoms with Gasteiger partial charge in [-0.2, -0.15) is 0 Å². The Balaban J connectivity index is 1.67. The number of benzene rings is 1. The Labute approximate surface area is 137 Å². The van der Waals surface area contributed by atoms with Crippen LogP contribution in [0.25, 0.3) is 0 Å². The third kappa shape index (κ3) is 3.39. The molecule has 0 saturated carbocycles. The summed E-state index contributed by atoms with van der Waals surface area (Å²) in [5.74, 6) is -0.190. The fourth-order valence-electron chi connectivity index (χ4n) is 3.44. The molecule has 0 aliphatic carbocycles. The molecule has 2 heterocycles. The minimum absolute atomic E-state index is 0.0138. The van der Waals surface area contributed by atoms with Gasteiger partial charge in [-0.05, 0) is 50.4 Å². The molecular formula is C18H25N3O2. The zero-order chi connectivity index (χ0) is 16.4. The van der Waals surface area contributed by atoms with Crippen molar-refractivity contribution in [2.75, 3.05) is 24.5 Å². The van der Waals surface area contributed by atoms with Crippen LogP contribution >= 0.6 is 0 Å². The summed E-state index contributed by atoms with van der Waals surface area (Å²) in [6.45, 7) is 6.40. The molecule has 0 bridgehead atoms. The first kappa shape index (κ1) is 16.0. The molecule has 0 spiro atoms. The lowest BCUT2D eigenvalue weighted by Gasteiger charge is -2.25. The minimum atomic E-state index is -0.246. The zero-order valence-electron chi connectivity index (χ0n) is 13.9. The van der Waals surface area contributed by atoms with E-state index in [4.69, 9.17) is 0 Å². The average molecular weight is 315 g/mol. The van der Waals surface area contributed by atoms with E-state index in [2.05, 4.69) is 10.6 Å². The second kappa shape index (κ2) is 6.71. The van der Waals surface area contributed by atoms with Gasteiger partial charge < -0.3 is 15.5 Å². The van der Waals surface area contributed by atoms with Crippen molar-refractivity contribution in [2.45, 2.75) is 39.2 Å². The Bertz CT molecular complexity index is 608.